The van der Waals surface area contributed by atoms with Crippen LogP contribution in [-0.4, -0.2) is 40.3 Å². The van der Waals surface area contributed by atoms with Crippen LogP contribution in [-0.2, 0) is 17.6 Å². The Hall–Kier alpha value is -2.75. The smallest absolute Gasteiger partial charge is 0.352 e. The number of carbonyl (C=O) groups excluding carboxylic acids is 1. The van der Waals surface area contributed by atoms with Gasteiger partial charge in [0.25, 0.3) is 0 Å². The summed E-state index contributed by atoms with van der Waals surface area (Å²) in [5.41, 5.74) is -1.03. The van der Waals surface area contributed by atoms with Crippen LogP contribution in [0.2, 0.25) is 0 Å². The number of nitrogens with one attached hydrogen (secondary N) is 2. The molecule has 1 aromatic carbocycles. The van der Waals surface area contributed by atoms with Crippen LogP contribution in [0.25, 0.3) is 17.6 Å². The van der Waals surface area contributed by atoms with Crippen LogP contribution < -0.4 is 10.6 Å². The summed E-state index contributed by atoms with van der Waals surface area (Å²) in [4.78, 5) is 15.9. The van der Waals surface area contributed by atoms with Gasteiger partial charge in [-0.3, -0.25) is 4.79 Å². The molecule has 1 unspecified atom stereocenters. The highest BCUT2D eigenvalue weighted by Crippen LogP contribution is 2.32. The third-order valence-corrected chi connectivity index (χ3v) is 4.58. The van der Waals surface area contributed by atoms with Crippen molar-refractivity contribution in [3.63, 3.8) is 0 Å². The molecule has 1 aromatic heterocycles. The molecule has 1 atom stereocenters. The molecular formula is C19H21F4N5O. The second-order valence-electron chi connectivity index (χ2n) is 6.87. The maximum absolute atomic E-state index is 13.0. The Morgan fingerprint density at radius 3 is 2.86 bits per heavy atom. The summed E-state index contributed by atoms with van der Waals surface area (Å²) in [6.07, 6.45) is 1.43. The second kappa shape index (κ2) is 9.17. The second-order valence-corrected chi connectivity index (χ2v) is 6.87. The minimum absolute atomic E-state index is 0.00383. The molecule has 1 amide bonds. The molecule has 2 aromatic rings. The van der Waals surface area contributed by atoms with Crippen molar-refractivity contribution in [3.05, 3.63) is 41.7 Å². The van der Waals surface area contributed by atoms with Crippen LogP contribution in [0.3, 0.4) is 0 Å². The monoisotopic (exact) mass is 411 g/mol. The average molecular weight is 411 g/mol. The normalized spacial score (nSPS) is 17.6. The minimum atomic E-state index is -4.60. The Balaban J connectivity index is 1.65. The quantitative estimate of drug-likeness (QED) is 0.566. The summed E-state index contributed by atoms with van der Waals surface area (Å²) in [7, 11) is 0. The molecule has 1 aliphatic rings. The number of alkyl halides is 4. The van der Waals surface area contributed by atoms with Crippen molar-refractivity contribution in [1.82, 2.24) is 25.4 Å². The molecule has 156 valence electrons. The first-order chi connectivity index (χ1) is 13.8. The Morgan fingerprint density at radius 1 is 1.34 bits per heavy atom. The van der Waals surface area contributed by atoms with Crippen molar-refractivity contribution in [2.24, 2.45) is 5.92 Å². The number of hydrogen-bond acceptors (Lipinski definition) is 4. The van der Waals surface area contributed by atoms with E-state index in [0.29, 0.717) is 12.5 Å². The van der Waals surface area contributed by atoms with Crippen molar-refractivity contribution in [2.75, 3.05) is 19.6 Å². The van der Waals surface area contributed by atoms with E-state index < -0.39 is 18.4 Å². The van der Waals surface area contributed by atoms with Gasteiger partial charge < -0.3 is 10.6 Å². The van der Waals surface area contributed by atoms with Crippen molar-refractivity contribution in [3.8, 4) is 11.4 Å². The molecule has 0 aliphatic carbocycles. The van der Waals surface area contributed by atoms with Gasteiger partial charge in [-0.15, -0.1) is 5.10 Å². The van der Waals surface area contributed by atoms with Gasteiger partial charge in [0.05, 0.1) is 5.56 Å². The Kier molecular flexibility index (Phi) is 6.63. The number of piperidine rings is 1. The van der Waals surface area contributed by atoms with E-state index in [0.717, 1.165) is 38.1 Å². The SMILES string of the molecule is O=C(/C=C\n1cnc(-c2cc(CF)cc(C(F)(F)F)c2)n1)NCC1CCCNC1. The highest BCUT2D eigenvalue weighted by Gasteiger charge is 2.31. The van der Waals surface area contributed by atoms with Gasteiger partial charge in [0.1, 0.15) is 13.0 Å². The maximum Gasteiger partial charge on any atom is 0.416 e. The molecule has 1 saturated heterocycles. The lowest BCUT2D eigenvalue weighted by Gasteiger charge is -2.22. The van der Waals surface area contributed by atoms with Crippen LogP contribution in [0.1, 0.15) is 24.0 Å². The summed E-state index contributed by atoms with van der Waals surface area (Å²) in [6.45, 7) is 1.40. The average Bonchev–Trinajstić information content (AvgIpc) is 3.19. The fourth-order valence-corrected chi connectivity index (χ4v) is 3.09. The lowest BCUT2D eigenvalue weighted by Crippen LogP contribution is -2.37. The fraction of sp³-hybridized carbons (Fsp3) is 0.421. The van der Waals surface area contributed by atoms with Gasteiger partial charge in [-0.25, -0.2) is 14.1 Å². The standard InChI is InChI=1S/C19H21F4N5O/c20-9-14-6-15(8-16(7-14)19(21,22)23)18-26-12-28(27-18)5-3-17(29)25-11-13-2-1-4-24-10-13/h3,5-8,12-13,24H,1-2,4,9-11H2,(H,25,29)/b5-3-. The Labute approximate surface area is 165 Å². The summed E-state index contributed by atoms with van der Waals surface area (Å²) < 4.78 is 53.1. The number of carbonyl (C=O) groups is 1. The maximum atomic E-state index is 13.0. The van der Waals surface area contributed by atoms with Crippen LogP contribution in [0.5, 0.6) is 0 Å². The first-order valence-corrected chi connectivity index (χ1v) is 9.20. The van der Waals surface area contributed by atoms with E-state index in [1.54, 1.807) is 0 Å². The molecular weight excluding hydrogens is 390 g/mol. The van der Waals surface area contributed by atoms with Crippen molar-refractivity contribution >= 4 is 12.1 Å². The van der Waals surface area contributed by atoms with Gasteiger partial charge in [-0.2, -0.15) is 13.2 Å². The van der Waals surface area contributed by atoms with E-state index in [2.05, 4.69) is 20.7 Å². The largest absolute Gasteiger partial charge is 0.416 e. The van der Waals surface area contributed by atoms with Crippen molar-refractivity contribution < 1.29 is 22.4 Å². The highest BCUT2D eigenvalue weighted by atomic mass is 19.4. The fourth-order valence-electron chi connectivity index (χ4n) is 3.09. The third-order valence-electron chi connectivity index (χ3n) is 4.58. The van der Waals surface area contributed by atoms with E-state index in [-0.39, 0.29) is 22.9 Å². The van der Waals surface area contributed by atoms with Crippen LogP contribution in [0.15, 0.2) is 30.6 Å². The lowest BCUT2D eigenvalue weighted by atomic mass is 10.00. The van der Waals surface area contributed by atoms with Gasteiger partial charge in [-0.05, 0) is 55.6 Å². The zero-order chi connectivity index (χ0) is 20.9. The zero-order valence-corrected chi connectivity index (χ0v) is 15.5. The number of hydrogen-bond donors (Lipinski definition) is 2. The van der Waals surface area contributed by atoms with Gasteiger partial charge >= 0.3 is 6.18 Å². The number of nitrogens with zero attached hydrogens (tertiary/aromatic N) is 3. The van der Waals surface area contributed by atoms with Gasteiger partial charge in [0.2, 0.25) is 5.91 Å². The predicted octanol–water partition coefficient (Wildman–Crippen LogP) is 3.02. The summed E-state index contributed by atoms with van der Waals surface area (Å²) in [5, 5.41) is 10.1. The highest BCUT2D eigenvalue weighted by molar-refractivity contribution is 5.90. The van der Waals surface area contributed by atoms with Gasteiger partial charge in [0, 0.05) is 24.4 Å². The molecule has 0 radical (unpaired) electrons. The first-order valence-electron chi connectivity index (χ1n) is 9.20. The van der Waals surface area contributed by atoms with E-state index in [1.165, 1.54) is 29.4 Å². The first kappa shape index (κ1) is 21.0. The van der Waals surface area contributed by atoms with E-state index in [4.69, 9.17) is 0 Å². The van der Waals surface area contributed by atoms with Crippen LogP contribution in [0, 0.1) is 5.92 Å². The number of aromatic nitrogens is 3. The zero-order valence-electron chi connectivity index (χ0n) is 15.5. The summed E-state index contributed by atoms with van der Waals surface area (Å²) >= 11 is 0. The Bertz CT molecular complexity index is 872. The molecule has 29 heavy (non-hydrogen) atoms. The number of benzene rings is 1. The molecule has 1 fully saturated rings. The minimum Gasteiger partial charge on any atom is -0.352 e. The molecule has 0 bridgehead atoms. The van der Waals surface area contributed by atoms with Crippen molar-refractivity contribution in [1.29, 1.82) is 0 Å². The molecule has 10 heteroatoms. The number of rotatable bonds is 6. The van der Waals surface area contributed by atoms with Crippen molar-refractivity contribution in [2.45, 2.75) is 25.7 Å². The molecule has 6 nitrogen and oxygen atoms in total. The molecule has 2 N–H and O–H groups in total. The Morgan fingerprint density at radius 2 is 2.17 bits per heavy atom. The van der Waals surface area contributed by atoms with E-state index in [9.17, 15) is 22.4 Å². The van der Waals surface area contributed by atoms with Gasteiger partial charge in [0.15, 0.2) is 5.82 Å². The number of halogens is 4. The lowest BCUT2D eigenvalue weighted by molar-refractivity contribution is -0.137. The molecule has 0 saturated carbocycles. The topological polar surface area (TPSA) is 71.8 Å². The van der Waals surface area contributed by atoms with Crippen LogP contribution >= 0.6 is 0 Å². The number of amides is 1. The predicted molar refractivity (Wildman–Crippen MR) is 99.2 cm³/mol. The molecule has 0 spiro atoms. The molecule has 3 rings (SSSR count). The van der Waals surface area contributed by atoms with Gasteiger partial charge in [-0.1, -0.05) is 0 Å². The summed E-state index contributed by atoms with van der Waals surface area (Å²) in [6, 6.07) is 2.89. The molecule has 1 aliphatic heterocycles. The molecule has 2 heterocycles. The van der Waals surface area contributed by atoms with E-state index in [1.807, 2.05) is 0 Å². The van der Waals surface area contributed by atoms with Crippen LogP contribution in [0.4, 0.5) is 17.6 Å². The third kappa shape index (κ3) is 5.86. The summed E-state index contributed by atoms with van der Waals surface area (Å²) in [5.74, 6) is 0.0974. The van der Waals surface area contributed by atoms with E-state index >= 15 is 0 Å².